The first kappa shape index (κ1) is 22.0. The molecule has 1 N–H and O–H groups in total. The largest absolute Gasteiger partial charge is 0.353 e. The van der Waals surface area contributed by atoms with E-state index in [9.17, 15) is 4.79 Å². The summed E-state index contributed by atoms with van der Waals surface area (Å²) in [5, 5.41) is 4.95. The Labute approximate surface area is 193 Å². The third-order valence-corrected chi connectivity index (χ3v) is 8.66. The summed E-state index contributed by atoms with van der Waals surface area (Å²) in [4.78, 5) is 15.9. The van der Waals surface area contributed by atoms with Crippen molar-refractivity contribution in [1.82, 2.24) is 14.8 Å². The number of carbonyl (C=O) groups is 1. The van der Waals surface area contributed by atoms with E-state index in [2.05, 4.69) is 67.0 Å². The molecule has 1 saturated heterocycles. The number of hydrogen-bond acceptors (Lipinski definition) is 2. The van der Waals surface area contributed by atoms with Gasteiger partial charge in [0.25, 0.3) is 0 Å². The van der Waals surface area contributed by atoms with Crippen LogP contribution in [0.5, 0.6) is 0 Å². The van der Waals surface area contributed by atoms with E-state index in [1.165, 1.54) is 47.7 Å². The van der Waals surface area contributed by atoms with Crippen molar-refractivity contribution in [2.45, 2.75) is 96.2 Å². The lowest BCUT2D eigenvalue weighted by atomic mass is 9.72. The number of likely N-dealkylation sites (N-methyl/N-ethyl adjacent to an activating group) is 1. The highest BCUT2D eigenvalue weighted by atomic mass is 16.2. The number of nitrogens with one attached hydrogen (secondary N) is 1. The van der Waals surface area contributed by atoms with Crippen LogP contribution < -0.4 is 5.32 Å². The molecule has 4 heteroatoms. The van der Waals surface area contributed by atoms with Crippen LogP contribution in [0, 0.1) is 11.8 Å². The van der Waals surface area contributed by atoms with Gasteiger partial charge in [0.1, 0.15) is 0 Å². The van der Waals surface area contributed by atoms with E-state index in [-0.39, 0.29) is 5.92 Å². The topological polar surface area (TPSA) is 37.3 Å². The monoisotopic (exact) mass is 435 g/mol. The zero-order chi connectivity index (χ0) is 22.4. The molecule has 2 aromatic rings. The number of fused-ring (bicyclic) bond motifs is 2. The summed E-state index contributed by atoms with van der Waals surface area (Å²) in [6.45, 7) is 7.78. The summed E-state index contributed by atoms with van der Waals surface area (Å²) in [5.74, 6) is 1.63. The van der Waals surface area contributed by atoms with Gasteiger partial charge in [0.05, 0.1) is 5.92 Å². The van der Waals surface area contributed by atoms with Gasteiger partial charge >= 0.3 is 0 Å². The highest BCUT2D eigenvalue weighted by molar-refractivity contribution is 5.89. The second-order valence-electron chi connectivity index (χ2n) is 11.3. The molecule has 32 heavy (non-hydrogen) atoms. The highest BCUT2D eigenvalue weighted by Gasteiger charge is 2.42. The third kappa shape index (κ3) is 4.00. The molecule has 1 aliphatic heterocycles. The minimum Gasteiger partial charge on any atom is -0.353 e. The van der Waals surface area contributed by atoms with Crippen molar-refractivity contribution in [2.24, 2.45) is 11.8 Å². The number of hydrogen-bond donors (Lipinski definition) is 1. The molecule has 2 heterocycles. The summed E-state index contributed by atoms with van der Waals surface area (Å²) < 4.78 is 2.44. The van der Waals surface area contributed by atoms with Crippen molar-refractivity contribution < 1.29 is 4.79 Å². The average molecular weight is 436 g/mol. The molecule has 3 unspecified atom stereocenters. The molecule has 0 bridgehead atoms. The first-order chi connectivity index (χ1) is 15.4. The van der Waals surface area contributed by atoms with Crippen molar-refractivity contribution in [3.8, 4) is 0 Å². The molecule has 0 radical (unpaired) electrons. The maximum Gasteiger partial charge on any atom is 0.224 e. The third-order valence-electron chi connectivity index (χ3n) is 8.66. The molecule has 2 fully saturated rings. The summed E-state index contributed by atoms with van der Waals surface area (Å²) in [6.07, 6.45) is 11.9. The molecular formula is C28H41N3O. The van der Waals surface area contributed by atoms with Gasteiger partial charge in [-0.25, -0.2) is 0 Å². The molecule has 5 atom stereocenters. The maximum absolute atomic E-state index is 13.4. The molecule has 1 saturated carbocycles. The first-order valence-electron chi connectivity index (χ1n) is 13.0. The second kappa shape index (κ2) is 8.85. The van der Waals surface area contributed by atoms with E-state index in [0.717, 1.165) is 38.1 Å². The van der Waals surface area contributed by atoms with Crippen molar-refractivity contribution in [3.05, 3.63) is 35.5 Å². The van der Waals surface area contributed by atoms with Crippen molar-refractivity contribution in [2.75, 3.05) is 13.6 Å². The fraction of sp³-hybridized carbons (Fsp3) is 0.679. The lowest BCUT2D eigenvalue weighted by molar-refractivity contribution is -0.128. The SMILES string of the molecule is CC1CCCCC(NC(=O)[C@@H]2CC3c4cccc5c4c(cn5C(C)C)C[C@H]3N(C)C2)CC1. The number of carbonyl (C=O) groups excluding carboxylic acids is 1. The van der Waals surface area contributed by atoms with Crippen LogP contribution in [-0.2, 0) is 11.2 Å². The Hall–Kier alpha value is -1.81. The average Bonchev–Trinajstić information content (AvgIpc) is 3.14. The standard InChI is InChI=1S/C28H41N3O/c1-18(2)31-17-20-15-26-24(23-10-7-11-25(31)27(20)23)14-21(16-30(26)4)28(32)29-22-9-6-5-8-19(3)12-13-22/h7,10-11,17-19,21-22,24,26H,5-6,8-9,12-16H2,1-4H3,(H,29,32)/t19?,21-,22?,24?,26-/m1/s1. The van der Waals surface area contributed by atoms with Crippen LogP contribution in [0.1, 0.15) is 88.8 Å². The molecule has 1 amide bonds. The normalized spacial score (nSPS) is 31.2. The predicted molar refractivity (Wildman–Crippen MR) is 132 cm³/mol. The van der Waals surface area contributed by atoms with Crippen molar-refractivity contribution in [1.29, 1.82) is 0 Å². The van der Waals surface area contributed by atoms with Gasteiger partial charge in [0.15, 0.2) is 0 Å². The van der Waals surface area contributed by atoms with Crippen LogP contribution in [-0.4, -0.2) is 41.1 Å². The Bertz CT molecular complexity index is 976. The number of piperidine rings is 1. The van der Waals surface area contributed by atoms with Gasteiger partial charge in [-0.05, 0) is 76.1 Å². The van der Waals surface area contributed by atoms with Gasteiger partial charge in [-0.2, -0.15) is 0 Å². The predicted octanol–water partition coefficient (Wildman–Crippen LogP) is 5.66. The Morgan fingerprint density at radius 3 is 2.75 bits per heavy atom. The van der Waals surface area contributed by atoms with Gasteiger partial charge < -0.3 is 14.8 Å². The number of nitrogens with zero attached hydrogens (tertiary/aromatic N) is 2. The Kier molecular flexibility index (Phi) is 6.09. The maximum atomic E-state index is 13.4. The van der Waals surface area contributed by atoms with Gasteiger partial charge in [-0.3, -0.25) is 4.79 Å². The second-order valence-corrected chi connectivity index (χ2v) is 11.3. The Morgan fingerprint density at radius 1 is 1.12 bits per heavy atom. The number of rotatable bonds is 3. The Balaban J connectivity index is 1.37. The molecule has 2 aliphatic carbocycles. The molecule has 5 rings (SSSR count). The van der Waals surface area contributed by atoms with Crippen LogP contribution in [0.15, 0.2) is 24.4 Å². The molecular weight excluding hydrogens is 394 g/mol. The summed E-state index contributed by atoms with van der Waals surface area (Å²) >= 11 is 0. The zero-order valence-electron chi connectivity index (χ0n) is 20.4. The summed E-state index contributed by atoms with van der Waals surface area (Å²) in [7, 11) is 2.24. The molecule has 0 spiro atoms. The van der Waals surface area contributed by atoms with E-state index in [1.54, 1.807) is 0 Å². The number of likely N-dealkylation sites (tertiary alicyclic amines) is 1. The quantitative estimate of drug-likeness (QED) is 0.676. The van der Waals surface area contributed by atoms with E-state index in [0.29, 0.717) is 30.0 Å². The van der Waals surface area contributed by atoms with Gasteiger partial charge in [0, 0.05) is 47.7 Å². The van der Waals surface area contributed by atoms with Crippen LogP contribution in [0.25, 0.3) is 10.9 Å². The zero-order valence-corrected chi connectivity index (χ0v) is 20.4. The van der Waals surface area contributed by atoms with Gasteiger partial charge in [0.2, 0.25) is 5.91 Å². The van der Waals surface area contributed by atoms with Crippen LogP contribution in [0.3, 0.4) is 0 Å². The van der Waals surface area contributed by atoms with Crippen molar-refractivity contribution >= 4 is 16.8 Å². The van der Waals surface area contributed by atoms with E-state index in [4.69, 9.17) is 0 Å². The van der Waals surface area contributed by atoms with Gasteiger partial charge in [-0.1, -0.05) is 38.3 Å². The number of benzene rings is 1. The summed E-state index contributed by atoms with van der Waals surface area (Å²) in [6, 6.07) is 8.16. The lowest BCUT2D eigenvalue weighted by Gasteiger charge is -2.45. The fourth-order valence-corrected chi connectivity index (χ4v) is 6.81. The minimum absolute atomic E-state index is 0.0908. The minimum atomic E-state index is 0.0908. The van der Waals surface area contributed by atoms with Gasteiger partial charge in [-0.15, -0.1) is 0 Å². The van der Waals surface area contributed by atoms with Crippen LogP contribution >= 0.6 is 0 Å². The molecule has 1 aromatic heterocycles. The highest BCUT2D eigenvalue weighted by Crippen LogP contribution is 2.45. The lowest BCUT2D eigenvalue weighted by Crippen LogP contribution is -2.52. The van der Waals surface area contributed by atoms with Crippen LogP contribution in [0.4, 0.5) is 0 Å². The van der Waals surface area contributed by atoms with Crippen molar-refractivity contribution in [3.63, 3.8) is 0 Å². The number of amides is 1. The van der Waals surface area contributed by atoms with E-state index in [1.807, 2.05) is 0 Å². The smallest absolute Gasteiger partial charge is 0.224 e. The van der Waals surface area contributed by atoms with Crippen LogP contribution in [0.2, 0.25) is 0 Å². The fourth-order valence-electron chi connectivity index (χ4n) is 6.81. The molecule has 174 valence electrons. The van der Waals surface area contributed by atoms with E-state index >= 15 is 0 Å². The first-order valence-corrected chi connectivity index (χ1v) is 13.0. The molecule has 1 aromatic carbocycles. The number of aromatic nitrogens is 1. The Morgan fingerprint density at radius 2 is 1.94 bits per heavy atom. The molecule has 3 aliphatic rings. The van der Waals surface area contributed by atoms with E-state index < -0.39 is 0 Å². The summed E-state index contributed by atoms with van der Waals surface area (Å²) in [5.41, 5.74) is 4.32. The molecule has 4 nitrogen and oxygen atoms in total.